The van der Waals surface area contributed by atoms with Crippen molar-refractivity contribution < 1.29 is 14.1 Å². The maximum absolute atomic E-state index is 11.4. The molecular weight excluding hydrogens is 242 g/mol. The molecule has 7 heteroatoms. The molecule has 6 nitrogen and oxygen atoms in total. The number of rotatable bonds is 4. The SMILES string of the molecule is CCOC(=O)c1nc(-c2nc(CC)no2)cs1. The second-order valence-electron chi connectivity index (χ2n) is 3.13. The summed E-state index contributed by atoms with van der Waals surface area (Å²) >= 11 is 1.20. The van der Waals surface area contributed by atoms with Crippen molar-refractivity contribution in [2.24, 2.45) is 0 Å². The minimum absolute atomic E-state index is 0.290. The molecule has 0 radical (unpaired) electrons. The fourth-order valence-corrected chi connectivity index (χ4v) is 1.84. The van der Waals surface area contributed by atoms with Crippen molar-refractivity contribution >= 4 is 17.3 Å². The van der Waals surface area contributed by atoms with E-state index in [0.29, 0.717) is 30.4 Å². The Morgan fingerprint density at radius 1 is 1.47 bits per heavy atom. The van der Waals surface area contributed by atoms with E-state index < -0.39 is 5.97 Å². The third-order valence-corrected chi connectivity index (χ3v) is 2.78. The van der Waals surface area contributed by atoms with Crippen LogP contribution in [0.25, 0.3) is 11.6 Å². The van der Waals surface area contributed by atoms with E-state index in [-0.39, 0.29) is 5.01 Å². The van der Waals surface area contributed by atoms with E-state index in [0.717, 1.165) is 0 Å². The average molecular weight is 253 g/mol. The van der Waals surface area contributed by atoms with E-state index >= 15 is 0 Å². The number of nitrogens with zero attached hydrogens (tertiary/aromatic N) is 3. The summed E-state index contributed by atoms with van der Waals surface area (Å²) in [5, 5.41) is 5.75. The predicted molar refractivity (Wildman–Crippen MR) is 60.7 cm³/mol. The third kappa shape index (κ3) is 2.50. The molecule has 0 bridgehead atoms. The first-order valence-corrected chi connectivity index (χ1v) is 6.08. The van der Waals surface area contributed by atoms with Gasteiger partial charge in [0.15, 0.2) is 5.82 Å². The lowest BCUT2D eigenvalue weighted by atomic mass is 10.4. The molecule has 2 heterocycles. The standard InChI is InChI=1S/C10H11N3O3S/c1-3-7-12-8(16-13-7)6-5-17-9(11-6)10(14)15-4-2/h5H,3-4H2,1-2H3. The van der Waals surface area contributed by atoms with Gasteiger partial charge in [0.1, 0.15) is 5.69 Å². The van der Waals surface area contributed by atoms with Crippen LogP contribution in [0.5, 0.6) is 0 Å². The quantitative estimate of drug-likeness (QED) is 0.775. The number of ether oxygens (including phenoxy) is 1. The van der Waals surface area contributed by atoms with Gasteiger partial charge in [-0.15, -0.1) is 11.3 Å². The summed E-state index contributed by atoms with van der Waals surface area (Å²) in [7, 11) is 0. The van der Waals surface area contributed by atoms with Crippen LogP contribution in [0.4, 0.5) is 0 Å². The maximum Gasteiger partial charge on any atom is 0.367 e. The first-order chi connectivity index (χ1) is 8.24. The Morgan fingerprint density at radius 2 is 2.29 bits per heavy atom. The Hall–Kier alpha value is -1.76. The topological polar surface area (TPSA) is 78.1 Å². The molecular formula is C10H11N3O3S. The van der Waals surface area contributed by atoms with Crippen LogP contribution in [-0.4, -0.2) is 27.7 Å². The number of hydrogen-bond acceptors (Lipinski definition) is 7. The van der Waals surface area contributed by atoms with Crippen molar-refractivity contribution in [1.29, 1.82) is 0 Å². The number of thiazole rings is 1. The fraction of sp³-hybridized carbons (Fsp3) is 0.400. The van der Waals surface area contributed by atoms with E-state index in [1.807, 2.05) is 6.92 Å². The van der Waals surface area contributed by atoms with Gasteiger partial charge in [-0.1, -0.05) is 12.1 Å². The minimum Gasteiger partial charge on any atom is -0.461 e. The predicted octanol–water partition coefficient (Wildman–Crippen LogP) is 1.93. The first kappa shape index (κ1) is 11.7. The van der Waals surface area contributed by atoms with Crippen molar-refractivity contribution in [2.75, 3.05) is 6.61 Å². The van der Waals surface area contributed by atoms with Crippen LogP contribution in [0.2, 0.25) is 0 Å². The van der Waals surface area contributed by atoms with Gasteiger partial charge in [0, 0.05) is 11.8 Å². The van der Waals surface area contributed by atoms with E-state index in [4.69, 9.17) is 9.26 Å². The van der Waals surface area contributed by atoms with Crippen LogP contribution in [0.15, 0.2) is 9.90 Å². The summed E-state index contributed by atoms with van der Waals surface area (Å²) in [6.07, 6.45) is 0.693. The molecule has 17 heavy (non-hydrogen) atoms. The van der Waals surface area contributed by atoms with Crippen LogP contribution in [0.1, 0.15) is 29.5 Å². The highest BCUT2D eigenvalue weighted by Crippen LogP contribution is 2.20. The highest BCUT2D eigenvalue weighted by molar-refractivity contribution is 7.11. The molecule has 0 saturated heterocycles. The summed E-state index contributed by atoms with van der Waals surface area (Å²) in [6, 6.07) is 0. The highest BCUT2D eigenvalue weighted by Gasteiger charge is 2.16. The molecule has 0 atom stereocenters. The molecule has 2 aromatic rings. The summed E-state index contributed by atoms with van der Waals surface area (Å²) < 4.78 is 9.87. The van der Waals surface area contributed by atoms with E-state index in [1.54, 1.807) is 12.3 Å². The largest absolute Gasteiger partial charge is 0.461 e. The van der Waals surface area contributed by atoms with E-state index in [2.05, 4.69) is 15.1 Å². The molecule has 90 valence electrons. The molecule has 0 N–H and O–H groups in total. The molecule has 0 amide bonds. The molecule has 0 saturated carbocycles. The zero-order valence-electron chi connectivity index (χ0n) is 9.47. The Labute approximate surface area is 102 Å². The van der Waals surface area contributed by atoms with Crippen molar-refractivity contribution in [3.63, 3.8) is 0 Å². The lowest BCUT2D eigenvalue weighted by molar-refractivity contribution is 0.0526. The molecule has 0 aliphatic carbocycles. The molecule has 0 aliphatic heterocycles. The summed E-state index contributed by atoms with van der Waals surface area (Å²) in [4.78, 5) is 19.6. The Morgan fingerprint density at radius 3 is 2.94 bits per heavy atom. The first-order valence-electron chi connectivity index (χ1n) is 5.20. The van der Waals surface area contributed by atoms with Gasteiger partial charge >= 0.3 is 5.97 Å². The van der Waals surface area contributed by atoms with Crippen LogP contribution in [0, 0.1) is 0 Å². The molecule has 0 fully saturated rings. The number of aryl methyl sites for hydroxylation is 1. The average Bonchev–Trinajstić information content (AvgIpc) is 2.98. The third-order valence-electron chi connectivity index (χ3n) is 1.96. The smallest absolute Gasteiger partial charge is 0.367 e. The molecule has 2 aromatic heterocycles. The maximum atomic E-state index is 11.4. The zero-order chi connectivity index (χ0) is 12.3. The number of carbonyl (C=O) groups is 1. The van der Waals surface area contributed by atoms with Crippen LogP contribution >= 0.6 is 11.3 Å². The number of aromatic nitrogens is 3. The molecule has 0 spiro atoms. The second kappa shape index (κ2) is 5.05. The fourth-order valence-electron chi connectivity index (χ4n) is 1.16. The monoisotopic (exact) mass is 253 g/mol. The van der Waals surface area contributed by atoms with Gasteiger partial charge < -0.3 is 9.26 Å². The van der Waals surface area contributed by atoms with E-state index in [9.17, 15) is 4.79 Å². The van der Waals surface area contributed by atoms with Gasteiger partial charge in [0.05, 0.1) is 6.61 Å². The lowest BCUT2D eigenvalue weighted by Crippen LogP contribution is -2.03. The van der Waals surface area contributed by atoms with Gasteiger partial charge in [-0.3, -0.25) is 0 Å². The van der Waals surface area contributed by atoms with Gasteiger partial charge in [-0.2, -0.15) is 4.98 Å². The molecule has 0 unspecified atom stereocenters. The molecule has 0 aromatic carbocycles. The summed E-state index contributed by atoms with van der Waals surface area (Å²) in [5.74, 6) is 0.512. The van der Waals surface area contributed by atoms with Crippen molar-refractivity contribution in [2.45, 2.75) is 20.3 Å². The minimum atomic E-state index is -0.431. The zero-order valence-corrected chi connectivity index (χ0v) is 10.3. The lowest BCUT2D eigenvalue weighted by Gasteiger charge is -1.95. The number of hydrogen-bond donors (Lipinski definition) is 0. The highest BCUT2D eigenvalue weighted by atomic mass is 32.1. The van der Waals surface area contributed by atoms with Crippen molar-refractivity contribution in [1.82, 2.24) is 15.1 Å². The second-order valence-corrected chi connectivity index (χ2v) is 3.99. The normalized spacial score (nSPS) is 10.5. The van der Waals surface area contributed by atoms with Gasteiger partial charge in [-0.05, 0) is 6.92 Å². The van der Waals surface area contributed by atoms with Crippen LogP contribution in [0.3, 0.4) is 0 Å². The summed E-state index contributed by atoms with van der Waals surface area (Å²) in [5.41, 5.74) is 0.505. The Bertz CT molecular complexity index is 520. The number of carbonyl (C=O) groups excluding carboxylic acids is 1. The van der Waals surface area contributed by atoms with Gasteiger partial charge in [0.2, 0.25) is 5.01 Å². The van der Waals surface area contributed by atoms with Crippen molar-refractivity contribution in [3.05, 3.63) is 16.2 Å². The summed E-state index contributed by atoms with van der Waals surface area (Å²) in [6.45, 7) is 4.01. The Kier molecular flexibility index (Phi) is 3.48. The van der Waals surface area contributed by atoms with Gasteiger partial charge in [0.25, 0.3) is 5.89 Å². The van der Waals surface area contributed by atoms with Crippen molar-refractivity contribution in [3.8, 4) is 11.6 Å². The van der Waals surface area contributed by atoms with Gasteiger partial charge in [-0.25, -0.2) is 9.78 Å². The van der Waals surface area contributed by atoms with E-state index in [1.165, 1.54) is 11.3 Å². The van der Waals surface area contributed by atoms with Crippen LogP contribution in [-0.2, 0) is 11.2 Å². The molecule has 2 rings (SSSR count). The Balaban J connectivity index is 2.20. The molecule has 0 aliphatic rings. The number of esters is 1. The van der Waals surface area contributed by atoms with Crippen LogP contribution < -0.4 is 0 Å².